The molecule has 9 heteroatoms. The Morgan fingerprint density at radius 2 is 1.80 bits per heavy atom. The highest BCUT2D eigenvalue weighted by atomic mass is 19.1. The van der Waals surface area contributed by atoms with Crippen molar-refractivity contribution in [2.45, 2.75) is 26.2 Å². The molecule has 2 aromatic heterocycles. The first-order valence-corrected chi connectivity index (χ1v) is 10.1. The van der Waals surface area contributed by atoms with E-state index in [1.165, 1.54) is 10.5 Å². The summed E-state index contributed by atoms with van der Waals surface area (Å²) in [5.41, 5.74) is 6.93. The third kappa shape index (κ3) is 2.88. The van der Waals surface area contributed by atoms with Crippen molar-refractivity contribution < 1.29 is 14.0 Å². The summed E-state index contributed by atoms with van der Waals surface area (Å²) in [5.74, 6) is -0.444. The molecule has 0 bridgehead atoms. The molecule has 1 aromatic carbocycles. The lowest BCUT2D eigenvalue weighted by Crippen LogP contribution is -2.44. The Kier molecular flexibility index (Phi) is 4.16. The molecule has 0 atom stereocenters. The number of hydrogen-bond donors (Lipinski definition) is 1. The third-order valence-electron chi connectivity index (χ3n) is 6.62. The number of benzene rings is 1. The third-order valence-corrected chi connectivity index (χ3v) is 6.62. The predicted molar refractivity (Wildman–Crippen MR) is 109 cm³/mol. The van der Waals surface area contributed by atoms with Crippen LogP contribution >= 0.6 is 0 Å². The second-order valence-electron chi connectivity index (χ2n) is 8.41. The van der Waals surface area contributed by atoms with E-state index < -0.39 is 5.82 Å². The number of aromatic nitrogens is 3. The highest BCUT2D eigenvalue weighted by Gasteiger charge is 2.42. The number of nitrogen functional groups attached to an aromatic ring is 1. The van der Waals surface area contributed by atoms with Gasteiger partial charge in [0, 0.05) is 44.7 Å². The quantitative estimate of drug-likeness (QED) is 0.663. The van der Waals surface area contributed by atoms with Crippen LogP contribution in [0.15, 0.2) is 24.4 Å². The van der Waals surface area contributed by atoms with Gasteiger partial charge in [-0.1, -0.05) is 6.07 Å². The van der Waals surface area contributed by atoms with Crippen molar-refractivity contribution in [3.8, 4) is 0 Å². The van der Waals surface area contributed by atoms with Gasteiger partial charge in [0.05, 0.1) is 0 Å². The topological polar surface area (TPSA) is 96.8 Å². The molecule has 8 nitrogen and oxygen atoms in total. The Morgan fingerprint density at radius 1 is 1.10 bits per heavy atom. The zero-order valence-corrected chi connectivity index (χ0v) is 16.8. The first-order valence-electron chi connectivity index (χ1n) is 10.1. The molecule has 5 rings (SSSR count). The molecule has 3 aromatic rings. The van der Waals surface area contributed by atoms with E-state index in [1.54, 1.807) is 30.2 Å². The maximum Gasteiger partial charge on any atom is 0.274 e. The van der Waals surface area contributed by atoms with Crippen LogP contribution in [0.1, 0.15) is 36.7 Å². The molecule has 2 saturated heterocycles. The van der Waals surface area contributed by atoms with Gasteiger partial charge in [-0.25, -0.2) is 14.4 Å². The van der Waals surface area contributed by atoms with E-state index >= 15 is 0 Å². The van der Waals surface area contributed by atoms with Crippen molar-refractivity contribution in [3.63, 3.8) is 0 Å². The summed E-state index contributed by atoms with van der Waals surface area (Å²) in [6.45, 7) is 4.43. The van der Waals surface area contributed by atoms with Crippen molar-refractivity contribution in [2.24, 2.45) is 5.41 Å². The predicted octanol–water partition coefficient (Wildman–Crippen LogP) is 2.08. The summed E-state index contributed by atoms with van der Waals surface area (Å²) in [6.07, 6.45) is 4.30. The van der Waals surface area contributed by atoms with E-state index in [0.717, 1.165) is 32.4 Å². The summed E-state index contributed by atoms with van der Waals surface area (Å²) in [4.78, 5) is 37.1. The molecule has 2 amide bonds. The Balaban J connectivity index is 1.40. The van der Waals surface area contributed by atoms with Crippen LogP contribution in [0.25, 0.3) is 16.6 Å². The monoisotopic (exact) mass is 410 g/mol. The fraction of sp³-hybridized carbons (Fsp3) is 0.429. The first kappa shape index (κ1) is 18.8. The largest absolute Gasteiger partial charge is 0.369 e. The van der Waals surface area contributed by atoms with E-state index in [-0.39, 0.29) is 34.4 Å². The molecular weight excluding hydrogens is 387 g/mol. The van der Waals surface area contributed by atoms with Crippen molar-refractivity contribution >= 4 is 34.3 Å². The number of imidazole rings is 1. The molecule has 2 N–H and O–H groups in total. The summed E-state index contributed by atoms with van der Waals surface area (Å²) in [6, 6.07) is 4.62. The van der Waals surface area contributed by atoms with Crippen LogP contribution in [-0.4, -0.2) is 62.2 Å². The average Bonchev–Trinajstić information content (AvgIpc) is 3.35. The number of nitrogens with two attached hydrogens (primary N) is 1. The van der Waals surface area contributed by atoms with Gasteiger partial charge in [0.1, 0.15) is 22.7 Å². The van der Waals surface area contributed by atoms with Crippen molar-refractivity contribution in [3.05, 3.63) is 35.9 Å². The van der Waals surface area contributed by atoms with Crippen LogP contribution in [0.3, 0.4) is 0 Å². The number of para-hydroxylation sites is 1. The number of anilines is 1. The lowest BCUT2D eigenvalue weighted by atomic mass is 9.77. The minimum Gasteiger partial charge on any atom is -0.369 e. The molecule has 2 aliphatic rings. The van der Waals surface area contributed by atoms with Crippen molar-refractivity contribution in [2.75, 3.05) is 31.9 Å². The van der Waals surface area contributed by atoms with E-state index in [4.69, 9.17) is 5.73 Å². The minimum atomic E-state index is -0.477. The fourth-order valence-corrected chi connectivity index (χ4v) is 4.78. The maximum absolute atomic E-state index is 14.1. The maximum atomic E-state index is 14.1. The number of likely N-dealkylation sites (tertiary alicyclic amines) is 2. The number of rotatable bonds is 1. The second kappa shape index (κ2) is 6.65. The molecular formula is C21H23FN6O2. The van der Waals surface area contributed by atoms with Crippen LogP contribution in [0.5, 0.6) is 0 Å². The number of halogens is 1. The van der Waals surface area contributed by atoms with Gasteiger partial charge < -0.3 is 15.5 Å². The Labute approximate surface area is 172 Å². The fourth-order valence-electron chi connectivity index (χ4n) is 4.78. The lowest BCUT2D eigenvalue weighted by Gasteiger charge is -2.39. The van der Waals surface area contributed by atoms with Gasteiger partial charge in [-0.3, -0.25) is 14.0 Å². The van der Waals surface area contributed by atoms with Crippen LogP contribution in [0.4, 0.5) is 10.3 Å². The molecule has 156 valence electrons. The van der Waals surface area contributed by atoms with Gasteiger partial charge >= 0.3 is 0 Å². The zero-order chi connectivity index (χ0) is 21.0. The molecule has 1 spiro atoms. The molecule has 0 unspecified atom stereocenters. The van der Waals surface area contributed by atoms with Gasteiger partial charge in [-0.05, 0) is 36.8 Å². The van der Waals surface area contributed by atoms with E-state index in [1.807, 2.05) is 4.90 Å². The van der Waals surface area contributed by atoms with Crippen LogP contribution in [-0.2, 0) is 4.79 Å². The normalized spacial score (nSPS) is 18.6. The SMILES string of the molecule is CC(=O)N1CCC2(CCN(C(=O)c3cn4c(N)nc5c(F)cccc5c4n3)CC2)C1. The van der Waals surface area contributed by atoms with Gasteiger partial charge in [0.15, 0.2) is 0 Å². The molecule has 2 aliphatic heterocycles. The van der Waals surface area contributed by atoms with E-state index in [2.05, 4.69) is 9.97 Å². The van der Waals surface area contributed by atoms with Crippen LogP contribution < -0.4 is 5.73 Å². The molecule has 0 saturated carbocycles. The number of carbonyl (C=O) groups excluding carboxylic acids is 2. The highest BCUT2D eigenvalue weighted by molar-refractivity contribution is 5.97. The molecule has 0 radical (unpaired) electrons. The van der Waals surface area contributed by atoms with E-state index in [0.29, 0.717) is 24.1 Å². The molecule has 0 aliphatic carbocycles. The summed E-state index contributed by atoms with van der Waals surface area (Å²) >= 11 is 0. The average molecular weight is 410 g/mol. The molecule has 4 heterocycles. The first-order chi connectivity index (χ1) is 14.4. The van der Waals surface area contributed by atoms with Crippen molar-refractivity contribution in [1.82, 2.24) is 24.2 Å². The second-order valence-corrected chi connectivity index (χ2v) is 8.41. The number of piperidine rings is 1. The smallest absolute Gasteiger partial charge is 0.274 e. The van der Waals surface area contributed by atoms with Crippen LogP contribution in [0.2, 0.25) is 0 Å². The van der Waals surface area contributed by atoms with Gasteiger partial charge in [-0.2, -0.15) is 0 Å². The zero-order valence-electron chi connectivity index (χ0n) is 16.8. The van der Waals surface area contributed by atoms with Crippen LogP contribution in [0, 0.1) is 11.2 Å². The Hall–Kier alpha value is -3.23. The number of nitrogens with zero attached hydrogens (tertiary/aromatic N) is 5. The summed E-state index contributed by atoms with van der Waals surface area (Å²) < 4.78 is 15.6. The van der Waals surface area contributed by atoms with E-state index in [9.17, 15) is 14.0 Å². The number of hydrogen-bond acceptors (Lipinski definition) is 5. The van der Waals surface area contributed by atoms with Gasteiger partial charge in [-0.15, -0.1) is 0 Å². The summed E-state index contributed by atoms with van der Waals surface area (Å²) in [5, 5.41) is 0.510. The number of fused-ring (bicyclic) bond motifs is 3. The lowest BCUT2D eigenvalue weighted by molar-refractivity contribution is -0.128. The van der Waals surface area contributed by atoms with Crippen molar-refractivity contribution in [1.29, 1.82) is 0 Å². The summed E-state index contributed by atoms with van der Waals surface area (Å²) in [7, 11) is 0. The Morgan fingerprint density at radius 3 is 2.47 bits per heavy atom. The Bertz CT molecular complexity index is 1180. The van der Waals surface area contributed by atoms with Gasteiger partial charge in [0.25, 0.3) is 5.91 Å². The van der Waals surface area contributed by atoms with Gasteiger partial charge in [0.2, 0.25) is 11.9 Å². The number of amides is 2. The number of carbonyl (C=O) groups is 2. The standard InChI is InChI=1S/C21H23FN6O2/c1-13(29)27-10-7-21(12-27)5-8-26(9-6-21)19(30)16-11-28-18(24-16)14-3-2-4-15(22)17(14)25-20(28)23/h2-4,11H,5-10,12H2,1H3,(H2,23,25). The highest BCUT2D eigenvalue weighted by Crippen LogP contribution is 2.40. The minimum absolute atomic E-state index is 0.0852. The molecule has 2 fully saturated rings. The molecule has 30 heavy (non-hydrogen) atoms.